The number of rotatable bonds is 6. The van der Waals surface area contributed by atoms with E-state index >= 15 is 0 Å². The molecule has 0 fully saturated rings. The fourth-order valence-corrected chi connectivity index (χ4v) is 4.52. The SMILES string of the molecule is O=C(O)CCCc1cc2nc(Cl)ccc2n1S(=O)(=O)c1ccc(F)cc1F. The number of carboxylic acid groups (broad SMARTS) is 1. The fourth-order valence-electron chi connectivity index (χ4n) is 2.75. The highest BCUT2D eigenvalue weighted by molar-refractivity contribution is 7.90. The van der Waals surface area contributed by atoms with Crippen LogP contribution < -0.4 is 0 Å². The molecule has 0 aliphatic heterocycles. The Morgan fingerprint density at radius 2 is 1.93 bits per heavy atom. The molecule has 0 aliphatic rings. The van der Waals surface area contributed by atoms with Gasteiger partial charge in [-0.05, 0) is 43.2 Å². The zero-order valence-electron chi connectivity index (χ0n) is 13.7. The van der Waals surface area contributed by atoms with Crippen molar-refractivity contribution in [2.24, 2.45) is 0 Å². The molecule has 0 unspecified atom stereocenters. The van der Waals surface area contributed by atoms with Crippen LogP contribution in [0.25, 0.3) is 11.0 Å². The molecule has 0 radical (unpaired) electrons. The van der Waals surface area contributed by atoms with Gasteiger partial charge in [-0.15, -0.1) is 0 Å². The molecule has 0 aliphatic carbocycles. The van der Waals surface area contributed by atoms with Crippen LogP contribution in [0.1, 0.15) is 18.5 Å². The number of halogens is 3. The van der Waals surface area contributed by atoms with Crippen LogP contribution in [0, 0.1) is 11.6 Å². The molecule has 1 aromatic carbocycles. The zero-order valence-corrected chi connectivity index (χ0v) is 15.3. The van der Waals surface area contributed by atoms with Crippen molar-refractivity contribution in [2.75, 3.05) is 0 Å². The number of hydrogen-bond acceptors (Lipinski definition) is 4. The smallest absolute Gasteiger partial charge is 0.303 e. The Morgan fingerprint density at radius 3 is 2.59 bits per heavy atom. The molecular weight excluding hydrogens is 402 g/mol. The number of nitrogens with zero attached hydrogens (tertiary/aromatic N) is 2. The van der Waals surface area contributed by atoms with E-state index in [9.17, 15) is 22.0 Å². The fraction of sp³-hybridized carbons (Fsp3) is 0.176. The first-order chi connectivity index (χ1) is 12.7. The highest BCUT2D eigenvalue weighted by Gasteiger charge is 2.26. The van der Waals surface area contributed by atoms with Crippen LogP contribution in [-0.2, 0) is 21.2 Å². The maximum Gasteiger partial charge on any atom is 0.303 e. The van der Waals surface area contributed by atoms with Crippen LogP contribution in [0.4, 0.5) is 8.78 Å². The second-order valence-electron chi connectivity index (χ2n) is 5.77. The van der Waals surface area contributed by atoms with Crippen molar-refractivity contribution < 1.29 is 27.1 Å². The maximum atomic E-state index is 14.1. The number of aliphatic carboxylic acids is 1. The largest absolute Gasteiger partial charge is 0.481 e. The Hall–Kier alpha value is -2.52. The average Bonchev–Trinajstić information content (AvgIpc) is 2.92. The van der Waals surface area contributed by atoms with Gasteiger partial charge in [-0.25, -0.2) is 26.2 Å². The van der Waals surface area contributed by atoms with Crippen molar-refractivity contribution in [3.63, 3.8) is 0 Å². The minimum atomic E-state index is -4.42. The lowest BCUT2D eigenvalue weighted by molar-refractivity contribution is -0.137. The topological polar surface area (TPSA) is 89.3 Å². The Balaban J connectivity index is 2.19. The Bertz CT molecular complexity index is 1150. The van der Waals surface area contributed by atoms with Gasteiger partial charge in [-0.1, -0.05) is 11.6 Å². The van der Waals surface area contributed by atoms with E-state index in [4.69, 9.17) is 16.7 Å². The van der Waals surface area contributed by atoms with Gasteiger partial charge in [0.05, 0.1) is 11.0 Å². The van der Waals surface area contributed by atoms with Crippen molar-refractivity contribution in [2.45, 2.75) is 24.2 Å². The van der Waals surface area contributed by atoms with E-state index in [2.05, 4.69) is 4.98 Å². The number of pyridine rings is 1. The van der Waals surface area contributed by atoms with Crippen LogP contribution in [0.3, 0.4) is 0 Å². The minimum Gasteiger partial charge on any atom is -0.481 e. The monoisotopic (exact) mass is 414 g/mol. The first-order valence-corrected chi connectivity index (χ1v) is 9.61. The summed E-state index contributed by atoms with van der Waals surface area (Å²) >= 11 is 5.85. The van der Waals surface area contributed by atoms with Gasteiger partial charge in [0.1, 0.15) is 21.7 Å². The van der Waals surface area contributed by atoms with Gasteiger partial charge < -0.3 is 5.11 Å². The van der Waals surface area contributed by atoms with Crippen molar-refractivity contribution >= 4 is 38.6 Å². The first kappa shape index (κ1) is 19.2. The summed E-state index contributed by atoms with van der Waals surface area (Å²) in [4.78, 5) is 14.1. The van der Waals surface area contributed by atoms with E-state index in [0.717, 1.165) is 16.1 Å². The van der Waals surface area contributed by atoms with Crippen LogP contribution in [0.15, 0.2) is 41.3 Å². The molecule has 2 aromatic heterocycles. The Kier molecular flexibility index (Phi) is 5.16. The average molecular weight is 415 g/mol. The number of fused-ring (bicyclic) bond motifs is 1. The molecule has 3 aromatic rings. The zero-order chi connectivity index (χ0) is 19.8. The van der Waals surface area contributed by atoms with Gasteiger partial charge in [-0.2, -0.15) is 0 Å². The number of aryl methyl sites for hydroxylation is 1. The molecule has 10 heteroatoms. The van der Waals surface area contributed by atoms with E-state index in [1.54, 1.807) is 0 Å². The third kappa shape index (κ3) is 3.79. The van der Waals surface area contributed by atoms with Crippen LogP contribution >= 0.6 is 11.6 Å². The lowest BCUT2D eigenvalue weighted by atomic mass is 10.2. The Morgan fingerprint density at radius 1 is 1.19 bits per heavy atom. The van der Waals surface area contributed by atoms with Crippen LogP contribution in [0.2, 0.25) is 5.15 Å². The third-order valence-corrected chi connectivity index (χ3v) is 5.90. The normalized spacial score (nSPS) is 11.8. The summed E-state index contributed by atoms with van der Waals surface area (Å²) in [5, 5.41) is 8.94. The van der Waals surface area contributed by atoms with E-state index in [1.807, 2.05) is 0 Å². The van der Waals surface area contributed by atoms with Gasteiger partial charge in [0, 0.05) is 18.2 Å². The number of hydrogen-bond donors (Lipinski definition) is 1. The van der Waals surface area contributed by atoms with Gasteiger partial charge in [0.25, 0.3) is 10.0 Å². The predicted molar refractivity (Wildman–Crippen MR) is 94.3 cm³/mol. The number of carbonyl (C=O) groups is 1. The predicted octanol–water partition coefficient (Wildman–Crippen LogP) is 3.61. The summed E-state index contributed by atoms with van der Waals surface area (Å²) in [5.41, 5.74) is 0.650. The van der Waals surface area contributed by atoms with Gasteiger partial charge >= 0.3 is 5.97 Å². The molecule has 6 nitrogen and oxygen atoms in total. The van der Waals surface area contributed by atoms with E-state index in [-0.39, 0.29) is 41.1 Å². The third-order valence-electron chi connectivity index (χ3n) is 3.89. The van der Waals surface area contributed by atoms with E-state index < -0.39 is 32.5 Å². The highest BCUT2D eigenvalue weighted by Crippen LogP contribution is 2.28. The molecule has 0 saturated heterocycles. The summed E-state index contributed by atoms with van der Waals surface area (Å²) in [5.74, 6) is -3.15. The molecule has 0 amide bonds. The van der Waals surface area contributed by atoms with Crippen molar-refractivity contribution in [1.82, 2.24) is 8.96 Å². The van der Waals surface area contributed by atoms with Crippen LogP contribution in [0.5, 0.6) is 0 Å². The summed E-state index contributed by atoms with van der Waals surface area (Å²) in [6.07, 6.45) is 0.101. The van der Waals surface area contributed by atoms with Crippen molar-refractivity contribution in [3.8, 4) is 0 Å². The molecular formula is C17H13ClF2N2O4S. The minimum absolute atomic E-state index is 0.0995. The molecule has 142 valence electrons. The maximum absolute atomic E-state index is 14.1. The van der Waals surface area contributed by atoms with E-state index in [1.165, 1.54) is 18.2 Å². The number of aromatic nitrogens is 2. The molecule has 0 saturated carbocycles. The molecule has 0 spiro atoms. The molecule has 1 N–H and O–H groups in total. The number of benzene rings is 1. The first-order valence-electron chi connectivity index (χ1n) is 7.79. The van der Waals surface area contributed by atoms with Crippen molar-refractivity contribution in [3.05, 3.63) is 58.9 Å². The highest BCUT2D eigenvalue weighted by atomic mass is 35.5. The molecule has 0 bridgehead atoms. The van der Waals surface area contributed by atoms with Crippen molar-refractivity contribution in [1.29, 1.82) is 0 Å². The second-order valence-corrected chi connectivity index (χ2v) is 7.91. The molecule has 2 heterocycles. The lowest BCUT2D eigenvalue weighted by Gasteiger charge is -2.12. The summed E-state index contributed by atoms with van der Waals surface area (Å²) in [7, 11) is -4.42. The van der Waals surface area contributed by atoms with E-state index in [0.29, 0.717) is 6.07 Å². The van der Waals surface area contributed by atoms with Gasteiger partial charge in [0.15, 0.2) is 0 Å². The summed E-state index contributed by atoms with van der Waals surface area (Å²) in [6, 6.07) is 6.44. The molecule has 27 heavy (non-hydrogen) atoms. The molecule has 3 rings (SSSR count). The Labute approximate surface area is 158 Å². The second kappa shape index (κ2) is 7.24. The quantitative estimate of drug-likeness (QED) is 0.622. The molecule has 0 atom stereocenters. The van der Waals surface area contributed by atoms with Gasteiger partial charge in [0.2, 0.25) is 0 Å². The standard InChI is InChI=1S/C17H13ClF2N2O4S/c18-16-7-5-14-13(21-16)9-11(2-1-3-17(23)24)22(14)27(25,26)15-6-4-10(19)8-12(15)20/h4-9H,1-3H2,(H,23,24). The number of carboxylic acids is 1. The van der Waals surface area contributed by atoms with Gasteiger partial charge in [-0.3, -0.25) is 4.79 Å². The lowest BCUT2D eigenvalue weighted by Crippen LogP contribution is -2.17. The summed E-state index contributed by atoms with van der Waals surface area (Å²) in [6.45, 7) is 0. The summed E-state index contributed by atoms with van der Waals surface area (Å²) < 4.78 is 54.3. The van der Waals surface area contributed by atoms with Crippen LogP contribution in [-0.4, -0.2) is 28.5 Å².